The number of rotatable bonds is 5. The van der Waals surface area contributed by atoms with Gasteiger partial charge in [-0.15, -0.1) is 11.3 Å². The van der Waals surface area contributed by atoms with Crippen molar-refractivity contribution in [2.45, 2.75) is 6.54 Å². The Morgan fingerprint density at radius 1 is 1.23 bits per heavy atom. The molecule has 0 unspecified atom stereocenters. The van der Waals surface area contributed by atoms with Gasteiger partial charge < -0.3 is 5.32 Å². The Bertz CT molecular complexity index is 912. The third-order valence-electron chi connectivity index (χ3n) is 3.56. The topological polar surface area (TPSA) is 71.2 Å². The number of nitrogens with zero attached hydrogens (tertiary/aromatic N) is 2. The maximum atomic E-state index is 12.7. The second kappa shape index (κ2) is 8.37. The normalized spacial score (nSPS) is 10.4. The summed E-state index contributed by atoms with van der Waals surface area (Å²) in [4.78, 5) is 16.9. The Morgan fingerprint density at radius 3 is 2.69 bits per heavy atom. The highest BCUT2D eigenvalue weighted by Crippen LogP contribution is 2.26. The van der Waals surface area contributed by atoms with E-state index in [4.69, 9.17) is 29.7 Å². The number of hydrogen-bond donors (Lipinski definition) is 2. The van der Waals surface area contributed by atoms with Crippen LogP contribution < -0.4 is 11.2 Å². The number of thiophene rings is 1. The Kier molecular flexibility index (Phi) is 5.95. The Labute approximate surface area is 165 Å². The number of carbonyl (C=O) groups is 1. The molecule has 132 valence electrons. The van der Waals surface area contributed by atoms with E-state index < -0.39 is 0 Å². The van der Waals surface area contributed by atoms with Crippen molar-refractivity contribution in [3.05, 3.63) is 82.0 Å². The van der Waals surface area contributed by atoms with Crippen molar-refractivity contribution in [2.75, 3.05) is 5.32 Å². The number of nitrogens with two attached hydrogens (primary N) is 1. The van der Waals surface area contributed by atoms with Crippen molar-refractivity contribution >= 4 is 51.1 Å². The van der Waals surface area contributed by atoms with Gasteiger partial charge in [0.15, 0.2) is 10.9 Å². The van der Waals surface area contributed by atoms with Crippen molar-refractivity contribution < 1.29 is 4.79 Å². The van der Waals surface area contributed by atoms with Gasteiger partial charge in [-0.3, -0.25) is 14.8 Å². The Balaban J connectivity index is 1.71. The molecule has 0 spiro atoms. The van der Waals surface area contributed by atoms with E-state index in [1.54, 1.807) is 36.5 Å². The van der Waals surface area contributed by atoms with Crippen molar-refractivity contribution in [2.24, 2.45) is 5.84 Å². The summed E-state index contributed by atoms with van der Waals surface area (Å²) in [5.41, 5.74) is 1.88. The van der Waals surface area contributed by atoms with Crippen LogP contribution in [0.4, 0.5) is 5.00 Å². The molecular weight excluding hydrogens is 388 g/mol. The van der Waals surface area contributed by atoms with Crippen LogP contribution in [0.2, 0.25) is 5.02 Å². The molecule has 0 bridgehead atoms. The van der Waals surface area contributed by atoms with Crippen LogP contribution in [0.5, 0.6) is 0 Å². The predicted octanol–water partition coefficient (Wildman–Crippen LogP) is 4.10. The maximum Gasteiger partial charge on any atom is 0.195 e. The maximum absolute atomic E-state index is 12.7. The number of benzene rings is 1. The molecule has 2 aromatic heterocycles. The van der Waals surface area contributed by atoms with Crippen LogP contribution in [-0.4, -0.2) is 20.9 Å². The predicted molar refractivity (Wildman–Crippen MR) is 109 cm³/mol. The molecule has 0 saturated carbocycles. The first-order valence-electron chi connectivity index (χ1n) is 7.65. The molecule has 26 heavy (non-hydrogen) atoms. The van der Waals surface area contributed by atoms with Crippen LogP contribution in [0, 0.1) is 0 Å². The van der Waals surface area contributed by atoms with Crippen LogP contribution >= 0.6 is 35.2 Å². The number of pyridine rings is 1. The molecule has 0 fully saturated rings. The third kappa shape index (κ3) is 4.44. The molecule has 0 saturated heterocycles. The van der Waals surface area contributed by atoms with E-state index in [0.29, 0.717) is 32.8 Å². The third-order valence-corrected chi connectivity index (χ3v) is 4.97. The Morgan fingerprint density at radius 2 is 2.00 bits per heavy atom. The first-order valence-corrected chi connectivity index (χ1v) is 9.32. The van der Waals surface area contributed by atoms with Gasteiger partial charge in [0.25, 0.3) is 0 Å². The lowest BCUT2D eigenvalue weighted by molar-refractivity contribution is 0.104. The molecule has 0 aliphatic heterocycles. The largest absolute Gasteiger partial charge is 0.323 e. The number of anilines is 1. The molecule has 3 N–H and O–H groups in total. The van der Waals surface area contributed by atoms with Gasteiger partial charge in [-0.25, -0.2) is 5.84 Å². The second-order valence-electron chi connectivity index (χ2n) is 5.38. The summed E-state index contributed by atoms with van der Waals surface area (Å²) >= 11 is 12.6. The molecule has 5 nitrogen and oxygen atoms in total. The summed E-state index contributed by atoms with van der Waals surface area (Å²) in [6, 6.07) is 14.1. The van der Waals surface area contributed by atoms with Gasteiger partial charge in [-0.2, -0.15) is 0 Å². The number of ketones is 1. The number of halogens is 1. The fourth-order valence-corrected chi connectivity index (χ4v) is 3.39. The first-order chi connectivity index (χ1) is 12.5. The minimum absolute atomic E-state index is 0.110. The zero-order valence-electron chi connectivity index (χ0n) is 13.6. The Hall–Kier alpha value is -2.32. The van der Waals surface area contributed by atoms with Gasteiger partial charge in [0.1, 0.15) is 5.00 Å². The summed E-state index contributed by atoms with van der Waals surface area (Å²) in [5, 5.41) is 7.80. The van der Waals surface area contributed by atoms with E-state index in [1.807, 2.05) is 23.6 Å². The monoisotopic (exact) mass is 402 g/mol. The quantitative estimate of drug-likeness (QED) is 0.290. The van der Waals surface area contributed by atoms with E-state index in [1.165, 1.54) is 16.3 Å². The number of hydrogen-bond acceptors (Lipinski definition) is 5. The standard InChI is InChI=1S/C18H15ClN4OS2/c19-13-6-4-12(5-7-13)16(24)15-8-10-26-17(15)22-18(25)23(20)11-14-3-1-2-9-21-14/h1-10H,11,20H2,(H,22,25). The highest BCUT2D eigenvalue weighted by Gasteiger charge is 2.17. The van der Waals surface area contributed by atoms with Crippen LogP contribution in [-0.2, 0) is 6.54 Å². The van der Waals surface area contributed by atoms with Gasteiger partial charge in [0, 0.05) is 16.8 Å². The van der Waals surface area contributed by atoms with Gasteiger partial charge in [-0.1, -0.05) is 17.7 Å². The van der Waals surface area contributed by atoms with Crippen LogP contribution in [0.1, 0.15) is 21.6 Å². The zero-order chi connectivity index (χ0) is 18.5. The van der Waals surface area contributed by atoms with Gasteiger partial charge in [0.2, 0.25) is 0 Å². The van der Waals surface area contributed by atoms with E-state index in [0.717, 1.165) is 5.69 Å². The molecule has 3 aromatic rings. The van der Waals surface area contributed by atoms with Crippen LogP contribution in [0.3, 0.4) is 0 Å². The molecule has 1 aromatic carbocycles. The summed E-state index contributed by atoms with van der Waals surface area (Å²) in [7, 11) is 0. The van der Waals surface area contributed by atoms with E-state index in [-0.39, 0.29) is 5.78 Å². The summed E-state index contributed by atoms with van der Waals surface area (Å²) in [6.07, 6.45) is 1.70. The number of nitrogens with one attached hydrogen (secondary N) is 1. The fourth-order valence-electron chi connectivity index (χ4n) is 2.25. The second-order valence-corrected chi connectivity index (χ2v) is 7.12. The number of thiocarbonyl (C=S) groups is 1. The lowest BCUT2D eigenvalue weighted by Crippen LogP contribution is -2.40. The molecule has 2 heterocycles. The summed E-state index contributed by atoms with van der Waals surface area (Å²) in [5.74, 6) is 5.90. The van der Waals surface area contributed by atoms with E-state index >= 15 is 0 Å². The van der Waals surface area contributed by atoms with Crippen molar-refractivity contribution in [3.63, 3.8) is 0 Å². The lowest BCUT2D eigenvalue weighted by atomic mass is 10.1. The van der Waals surface area contributed by atoms with Crippen molar-refractivity contribution in [1.82, 2.24) is 9.99 Å². The van der Waals surface area contributed by atoms with Gasteiger partial charge >= 0.3 is 0 Å². The summed E-state index contributed by atoms with van der Waals surface area (Å²) in [6.45, 7) is 0.360. The molecule has 0 aliphatic carbocycles. The molecule has 0 amide bonds. The molecule has 0 aliphatic rings. The summed E-state index contributed by atoms with van der Waals surface area (Å²) < 4.78 is 0. The molecule has 3 rings (SSSR count). The molecule has 0 radical (unpaired) electrons. The molecule has 0 atom stereocenters. The van der Waals surface area contributed by atoms with Gasteiger partial charge in [-0.05, 0) is 60.1 Å². The fraction of sp³-hybridized carbons (Fsp3) is 0.0556. The zero-order valence-corrected chi connectivity index (χ0v) is 15.9. The minimum atomic E-state index is -0.110. The van der Waals surface area contributed by atoms with Gasteiger partial charge in [0.05, 0.1) is 17.8 Å². The van der Waals surface area contributed by atoms with E-state index in [2.05, 4.69) is 10.3 Å². The number of hydrazine groups is 1. The average molecular weight is 403 g/mol. The number of carbonyl (C=O) groups excluding carboxylic acids is 1. The highest BCUT2D eigenvalue weighted by molar-refractivity contribution is 7.80. The van der Waals surface area contributed by atoms with E-state index in [9.17, 15) is 4.79 Å². The van der Waals surface area contributed by atoms with Crippen LogP contribution in [0.15, 0.2) is 60.1 Å². The minimum Gasteiger partial charge on any atom is -0.323 e. The average Bonchev–Trinajstić information content (AvgIpc) is 3.10. The van der Waals surface area contributed by atoms with Crippen LogP contribution in [0.25, 0.3) is 0 Å². The first kappa shape index (κ1) is 18.5. The molecular formula is C18H15ClN4OS2. The lowest BCUT2D eigenvalue weighted by Gasteiger charge is -2.19. The highest BCUT2D eigenvalue weighted by atomic mass is 35.5. The SMILES string of the molecule is NN(Cc1ccccn1)C(=S)Nc1sccc1C(=O)c1ccc(Cl)cc1. The number of aromatic nitrogens is 1. The smallest absolute Gasteiger partial charge is 0.195 e. The van der Waals surface area contributed by atoms with Crippen molar-refractivity contribution in [1.29, 1.82) is 0 Å². The van der Waals surface area contributed by atoms with Crippen molar-refractivity contribution in [3.8, 4) is 0 Å². The molecule has 8 heteroatoms.